The Kier molecular flexibility index (Phi) is 5.78. The fourth-order valence-electron chi connectivity index (χ4n) is 1.89. The van der Waals surface area contributed by atoms with Crippen LogP contribution in [0, 0.1) is 5.82 Å². The molecule has 2 aromatic carbocycles. The summed E-state index contributed by atoms with van der Waals surface area (Å²) in [5.74, 6) is -0.612. The molecule has 1 amide bonds. The third-order valence-electron chi connectivity index (χ3n) is 2.97. The highest BCUT2D eigenvalue weighted by Crippen LogP contribution is 2.36. The number of benzene rings is 2. The van der Waals surface area contributed by atoms with Gasteiger partial charge in [0.1, 0.15) is 5.82 Å². The lowest BCUT2D eigenvalue weighted by Gasteiger charge is -2.13. The lowest BCUT2D eigenvalue weighted by atomic mass is 10.2. The van der Waals surface area contributed by atoms with E-state index in [0.29, 0.717) is 11.3 Å². The molecule has 0 fully saturated rings. The van der Waals surface area contributed by atoms with Crippen molar-refractivity contribution < 1.29 is 23.8 Å². The molecular formula is C16H15ClFNO4. The Morgan fingerprint density at radius 3 is 2.74 bits per heavy atom. The van der Waals surface area contributed by atoms with Gasteiger partial charge < -0.3 is 19.9 Å². The van der Waals surface area contributed by atoms with E-state index in [9.17, 15) is 9.18 Å². The van der Waals surface area contributed by atoms with Crippen molar-refractivity contribution in [1.82, 2.24) is 0 Å². The smallest absolute Gasteiger partial charge is 0.262 e. The monoisotopic (exact) mass is 339 g/mol. The number of halogens is 2. The number of aliphatic hydroxyl groups excluding tert-OH is 1. The second-order valence-electron chi connectivity index (χ2n) is 4.58. The predicted molar refractivity (Wildman–Crippen MR) is 84.5 cm³/mol. The average Bonchev–Trinajstić information content (AvgIpc) is 2.55. The number of aliphatic hydroxyl groups is 1. The Morgan fingerprint density at radius 2 is 2.09 bits per heavy atom. The highest BCUT2D eigenvalue weighted by atomic mass is 35.5. The fourth-order valence-corrected chi connectivity index (χ4v) is 2.18. The van der Waals surface area contributed by atoms with Crippen LogP contribution in [0.25, 0.3) is 0 Å². The van der Waals surface area contributed by atoms with Gasteiger partial charge in [0.25, 0.3) is 5.91 Å². The zero-order valence-electron chi connectivity index (χ0n) is 12.3. The minimum absolute atomic E-state index is 0.0646. The third kappa shape index (κ3) is 4.34. The number of nitrogens with one attached hydrogen (secondary N) is 1. The zero-order valence-corrected chi connectivity index (χ0v) is 13.1. The van der Waals surface area contributed by atoms with E-state index < -0.39 is 11.7 Å². The minimum Gasteiger partial charge on any atom is -0.493 e. The van der Waals surface area contributed by atoms with E-state index in [1.807, 2.05) is 0 Å². The van der Waals surface area contributed by atoms with E-state index in [4.69, 9.17) is 26.2 Å². The zero-order chi connectivity index (χ0) is 16.8. The van der Waals surface area contributed by atoms with E-state index in [1.54, 1.807) is 12.1 Å². The fraction of sp³-hybridized carbons (Fsp3) is 0.188. The summed E-state index contributed by atoms with van der Waals surface area (Å²) in [7, 11) is 1.42. The SMILES string of the molecule is COc1cc(CO)cc(Cl)c1OCC(=O)Nc1ccccc1F. The van der Waals surface area contributed by atoms with Crippen LogP contribution in [0.2, 0.25) is 5.02 Å². The number of hydrogen-bond acceptors (Lipinski definition) is 4. The first-order valence-electron chi connectivity index (χ1n) is 6.69. The van der Waals surface area contributed by atoms with Crippen LogP contribution >= 0.6 is 11.6 Å². The maximum atomic E-state index is 13.5. The molecule has 0 aliphatic heterocycles. The number of carbonyl (C=O) groups is 1. The van der Waals surface area contributed by atoms with Crippen LogP contribution in [-0.4, -0.2) is 24.7 Å². The standard InChI is InChI=1S/C16H15ClFNO4/c1-22-14-7-10(8-20)6-11(17)16(14)23-9-15(21)19-13-5-3-2-4-12(13)18/h2-7,20H,8-9H2,1H3,(H,19,21). The topological polar surface area (TPSA) is 67.8 Å². The van der Waals surface area contributed by atoms with Crippen LogP contribution in [0.4, 0.5) is 10.1 Å². The molecule has 5 nitrogen and oxygen atoms in total. The Balaban J connectivity index is 2.06. The van der Waals surface area contributed by atoms with Crippen molar-refractivity contribution in [3.8, 4) is 11.5 Å². The van der Waals surface area contributed by atoms with Gasteiger partial charge >= 0.3 is 0 Å². The molecule has 0 unspecified atom stereocenters. The predicted octanol–water partition coefficient (Wildman–Crippen LogP) is 3.00. The summed E-state index contributed by atoms with van der Waals surface area (Å²) < 4.78 is 23.9. The summed E-state index contributed by atoms with van der Waals surface area (Å²) in [6.07, 6.45) is 0. The average molecular weight is 340 g/mol. The Morgan fingerprint density at radius 1 is 1.35 bits per heavy atom. The van der Waals surface area contributed by atoms with E-state index in [0.717, 1.165) is 0 Å². The van der Waals surface area contributed by atoms with Gasteiger partial charge in [-0.05, 0) is 29.8 Å². The van der Waals surface area contributed by atoms with Gasteiger partial charge in [0, 0.05) is 0 Å². The third-order valence-corrected chi connectivity index (χ3v) is 3.25. The molecule has 0 spiro atoms. The molecule has 7 heteroatoms. The number of anilines is 1. The molecule has 0 heterocycles. The maximum absolute atomic E-state index is 13.5. The lowest BCUT2D eigenvalue weighted by molar-refractivity contribution is -0.118. The molecule has 0 saturated heterocycles. The summed E-state index contributed by atoms with van der Waals surface area (Å²) in [5.41, 5.74) is 0.616. The first-order valence-corrected chi connectivity index (χ1v) is 7.07. The van der Waals surface area contributed by atoms with Crippen molar-refractivity contribution in [1.29, 1.82) is 0 Å². The van der Waals surface area contributed by atoms with Gasteiger partial charge in [-0.15, -0.1) is 0 Å². The number of methoxy groups -OCH3 is 1. The van der Waals surface area contributed by atoms with Crippen molar-refractivity contribution >= 4 is 23.2 Å². The van der Waals surface area contributed by atoms with Gasteiger partial charge in [0.2, 0.25) is 0 Å². The van der Waals surface area contributed by atoms with Crippen molar-refractivity contribution in [2.24, 2.45) is 0 Å². The minimum atomic E-state index is -0.542. The molecule has 0 bridgehead atoms. The molecule has 2 N–H and O–H groups in total. The molecule has 2 rings (SSSR count). The van der Waals surface area contributed by atoms with Crippen LogP contribution in [0.3, 0.4) is 0 Å². The van der Waals surface area contributed by atoms with Crippen molar-refractivity contribution in [3.63, 3.8) is 0 Å². The number of amides is 1. The Hall–Kier alpha value is -2.31. The molecule has 0 saturated carbocycles. The van der Waals surface area contributed by atoms with Gasteiger partial charge in [0.15, 0.2) is 18.1 Å². The molecular weight excluding hydrogens is 325 g/mol. The van der Waals surface area contributed by atoms with Crippen LogP contribution in [0.5, 0.6) is 11.5 Å². The number of carbonyl (C=O) groups excluding carboxylic acids is 1. The second kappa shape index (κ2) is 7.80. The van der Waals surface area contributed by atoms with Gasteiger partial charge in [-0.25, -0.2) is 4.39 Å². The van der Waals surface area contributed by atoms with Gasteiger partial charge in [-0.2, -0.15) is 0 Å². The van der Waals surface area contributed by atoms with Crippen molar-refractivity contribution in [2.75, 3.05) is 19.0 Å². The van der Waals surface area contributed by atoms with Gasteiger partial charge in [-0.3, -0.25) is 4.79 Å². The van der Waals surface area contributed by atoms with Crippen LogP contribution in [0.1, 0.15) is 5.56 Å². The summed E-state index contributed by atoms with van der Waals surface area (Å²) in [5, 5.41) is 11.7. The molecule has 122 valence electrons. The summed E-state index contributed by atoms with van der Waals surface area (Å²) >= 11 is 6.05. The molecule has 2 aromatic rings. The highest BCUT2D eigenvalue weighted by Gasteiger charge is 2.14. The second-order valence-corrected chi connectivity index (χ2v) is 4.99. The molecule has 0 radical (unpaired) electrons. The first-order chi connectivity index (χ1) is 11.0. The number of para-hydroxylation sites is 1. The number of rotatable bonds is 6. The molecule has 23 heavy (non-hydrogen) atoms. The highest BCUT2D eigenvalue weighted by molar-refractivity contribution is 6.32. The summed E-state index contributed by atoms with van der Waals surface area (Å²) in [4.78, 5) is 11.8. The largest absolute Gasteiger partial charge is 0.493 e. The molecule has 0 atom stereocenters. The van der Waals surface area contributed by atoms with Gasteiger partial charge in [0.05, 0.1) is 24.4 Å². The molecule has 0 aliphatic carbocycles. The Bertz CT molecular complexity index is 708. The number of ether oxygens (including phenoxy) is 2. The van der Waals surface area contributed by atoms with Crippen molar-refractivity contribution in [2.45, 2.75) is 6.61 Å². The quantitative estimate of drug-likeness (QED) is 0.849. The normalized spacial score (nSPS) is 10.3. The molecule has 0 aromatic heterocycles. The summed E-state index contributed by atoms with van der Waals surface area (Å²) in [6, 6.07) is 8.87. The molecule has 0 aliphatic rings. The van der Waals surface area contributed by atoms with E-state index in [1.165, 1.54) is 31.4 Å². The Labute approximate surface area is 137 Å². The van der Waals surface area contributed by atoms with Crippen molar-refractivity contribution in [3.05, 3.63) is 52.8 Å². The number of hydrogen-bond donors (Lipinski definition) is 2. The van der Waals surface area contributed by atoms with Crippen LogP contribution in [-0.2, 0) is 11.4 Å². The maximum Gasteiger partial charge on any atom is 0.262 e. The van der Waals surface area contributed by atoms with E-state index in [-0.39, 0.29) is 29.7 Å². The van der Waals surface area contributed by atoms with E-state index in [2.05, 4.69) is 5.32 Å². The summed E-state index contributed by atoms with van der Waals surface area (Å²) in [6.45, 7) is -0.576. The van der Waals surface area contributed by atoms with Crippen LogP contribution < -0.4 is 14.8 Å². The van der Waals surface area contributed by atoms with Gasteiger partial charge in [-0.1, -0.05) is 23.7 Å². The lowest BCUT2D eigenvalue weighted by Crippen LogP contribution is -2.21. The van der Waals surface area contributed by atoms with E-state index >= 15 is 0 Å². The van der Waals surface area contributed by atoms with Crippen LogP contribution in [0.15, 0.2) is 36.4 Å². The first kappa shape index (κ1) is 17.1.